The fraction of sp³-hybridized carbons (Fsp3) is 1.00. The molecule has 2 nitrogen and oxygen atoms in total. The Labute approximate surface area is 114 Å². The van der Waals surface area contributed by atoms with Crippen LogP contribution < -0.4 is 5.32 Å². The molecule has 2 aliphatic heterocycles. The van der Waals surface area contributed by atoms with Crippen molar-refractivity contribution in [1.82, 2.24) is 10.2 Å². The van der Waals surface area contributed by atoms with Crippen LogP contribution in [-0.4, -0.2) is 36.6 Å². The van der Waals surface area contributed by atoms with Gasteiger partial charge in [0.2, 0.25) is 0 Å². The Morgan fingerprint density at radius 3 is 2.06 bits per heavy atom. The molecule has 2 saturated heterocycles. The van der Waals surface area contributed by atoms with Crippen molar-refractivity contribution in [2.24, 2.45) is 11.8 Å². The van der Waals surface area contributed by atoms with Crippen LogP contribution in [0.25, 0.3) is 0 Å². The van der Waals surface area contributed by atoms with Gasteiger partial charge in [-0.3, -0.25) is 0 Å². The lowest BCUT2D eigenvalue weighted by atomic mass is 9.77. The van der Waals surface area contributed by atoms with Gasteiger partial charge in [0.05, 0.1) is 0 Å². The molecule has 3 atom stereocenters. The van der Waals surface area contributed by atoms with E-state index in [0.717, 1.165) is 36.5 Å². The molecule has 18 heavy (non-hydrogen) atoms. The van der Waals surface area contributed by atoms with E-state index in [1.807, 2.05) is 0 Å². The van der Waals surface area contributed by atoms with Gasteiger partial charge >= 0.3 is 0 Å². The van der Waals surface area contributed by atoms with Gasteiger partial charge in [-0.25, -0.2) is 0 Å². The van der Waals surface area contributed by atoms with Gasteiger partial charge in [0.15, 0.2) is 0 Å². The second kappa shape index (κ2) is 6.38. The summed E-state index contributed by atoms with van der Waals surface area (Å²) in [6.45, 7) is 8.12. The normalized spacial score (nSPS) is 34.2. The molecular formula is C16H32N2. The second-order valence-corrected chi connectivity index (χ2v) is 6.44. The molecule has 0 aromatic rings. The third-order valence-electron chi connectivity index (χ3n) is 5.64. The highest BCUT2D eigenvalue weighted by Gasteiger charge is 2.41. The van der Waals surface area contributed by atoms with Crippen LogP contribution in [0.2, 0.25) is 0 Å². The first-order chi connectivity index (χ1) is 8.71. The van der Waals surface area contributed by atoms with Crippen molar-refractivity contribution in [3.8, 4) is 0 Å². The molecule has 106 valence electrons. The minimum atomic E-state index is 0.766. The molecule has 2 heteroatoms. The smallest absolute Gasteiger partial charge is 0.0124 e. The first kappa shape index (κ1) is 14.3. The second-order valence-electron chi connectivity index (χ2n) is 6.44. The van der Waals surface area contributed by atoms with E-state index in [2.05, 4.69) is 38.0 Å². The molecule has 0 aliphatic carbocycles. The van der Waals surface area contributed by atoms with E-state index in [1.165, 1.54) is 38.5 Å². The molecule has 1 N–H and O–H groups in total. The first-order valence-electron chi connectivity index (χ1n) is 8.16. The topological polar surface area (TPSA) is 15.3 Å². The predicted octanol–water partition coefficient (Wildman–Crippen LogP) is 3.27. The van der Waals surface area contributed by atoms with Crippen LogP contribution in [0.3, 0.4) is 0 Å². The zero-order valence-electron chi connectivity index (χ0n) is 12.8. The van der Waals surface area contributed by atoms with Gasteiger partial charge in [-0.15, -0.1) is 0 Å². The zero-order valence-corrected chi connectivity index (χ0v) is 12.8. The highest BCUT2D eigenvalue weighted by atomic mass is 15.2. The highest BCUT2D eigenvalue weighted by Crippen LogP contribution is 2.40. The van der Waals surface area contributed by atoms with Gasteiger partial charge in [-0.1, -0.05) is 33.6 Å². The summed E-state index contributed by atoms with van der Waals surface area (Å²) in [6, 6.07) is 2.52. The molecule has 2 fully saturated rings. The van der Waals surface area contributed by atoms with Gasteiger partial charge in [-0.2, -0.15) is 0 Å². The molecule has 0 radical (unpaired) electrons. The van der Waals surface area contributed by atoms with E-state index in [1.54, 1.807) is 0 Å². The number of hydrogen-bond acceptors (Lipinski definition) is 2. The predicted molar refractivity (Wildman–Crippen MR) is 78.8 cm³/mol. The maximum absolute atomic E-state index is 3.82. The van der Waals surface area contributed by atoms with E-state index in [-0.39, 0.29) is 0 Å². The number of piperidine rings is 1. The van der Waals surface area contributed by atoms with E-state index in [4.69, 9.17) is 0 Å². The molecule has 2 heterocycles. The van der Waals surface area contributed by atoms with Gasteiger partial charge < -0.3 is 10.2 Å². The molecular weight excluding hydrogens is 220 g/mol. The van der Waals surface area contributed by atoms with Crippen LogP contribution in [0, 0.1) is 11.8 Å². The first-order valence-corrected chi connectivity index (χ1v) is 8.16. The van der Waals surface area contributed by atoms with Crippen molar-refractivity contribution in [2.75, 3.05) is 13.6 Å². The molecule has 0 aromatic carbocycles. The summed E-state index contributed by atoms with van der Waals surface area (Å²) >= 11 is 0. The summed E-state index contributed by atoms with van der Waals surface area (Å²) in [6.07, 6.45) is 8.41. The summed E-state index contributed by atoms with van der Waals surface area (Å²) < 4.78 is 0. The molecule has 0 spiro atoms. The summed E-state index contributed by atoms with van der Waals surface area (Å²) in [5.74, 6) is 1.79. The van der Waals surface area contributed by atoms with Gasteiger partial charge in [0.1, 0.15) is 0 Å². The lowest BCUT2D eigenvalue weighted by Gasteiger charge is -2.42. The van der Waals surface area contributed by atoms with Gasteiger partial charge in [0, 0.05) is 18.1 Å². The minimum absolute atomic E-state index is 0.766. The molecule has 0 amide bonds. The van der Waals surface area contributed by atoms with Crippen LogP contribution in [0.15, 0.2) is 0 Å². The SMILES string of the molecule is CCNC(C(CC)CC)C1CC2CCC(C1)N2C. The summed E-state index contributed by atoms with van der Waals surface area (Å²) in [5, 5.41) is 3.82. The van der Waals surface area contributed by atoms with Crippen LogP contribution >= 0.6 is 0 Å². The minimum Gasteiger partial charge on any atom is -0.314 e. The van der Waals surface area contributed by atoms with E-state index in [0.29, 0.717) is 0 Å². The average molecular weight is 252 g/mol. The Kier molecular flexibility index (Phi) is 5.08. The largest absolute Gasteiger partial charge is 0.314 e. The monoisotopic (exact) mass is 252 g/mol. The van der Waals surface area contributed by atoms with Crippen molar-refractivity contribution < 1.29 is 0 Å². The van der Waals surface area contributed by atoms with Crippen LogP contribution in [0.4, 0.5) is 0 Å². The third-order valence-corrected chi connectivity index (χ3v) is 5.64. The molecule has 0 saturated carbocycles. The molecule has 3 unspecified atom stereocenters. The van der Waals surface area contributed by atoms with Crippen LogP contribution in [-0.2, 0) is 0 Å². The number of nitrogens with one attached hydrogen (secondary N) is 1. The molecule has 2 aliphatic rings. The lowest BCUT2D eigenvalue weighted by Crippen LogP contribution is -2.49. The fourth-order valence-corrected chi connectivity index (χ4v) is 4.50. The highest BCUT2D eigenvalue weighted by molar-refractivity contribution is 4.97. The summed E-state index contributed by atoms with van der Waals surface area (Å²) in [7, 11) is 2.35. The standard InChI is InChI=1S/C16H32N2/c1-5-12(6-2)16(17-7-3)13-10-14-8-9-15(11-13)18(14)4/h12-17H,5-11H2,1-4H3. The van der Waals surface area contributed by atoms with Crippen molar-refractivity contribution in [3.63, 3.8) is 0 Å². The van der Waals surface area contributed by atoms with Crippen molar-refractivity contribution in [2.45, 2.75) is 77.4 Å². The van der Waals surface area contributed by atoms with Crippen molar-refractivity contribution >= 4 is 0 Å². The maximum Gasteiger partial charge on any atom is 0.0124 e. The van der Waals surface area contributed by atoms with Crippen LogP contribution in [0.1, 0.15) is 59.3 Å². The Morgan fingerprint density at radius 1 is 1.06 bits per heavy atom. The third kappa shape index (κ3) is 2.75. The van der Waals surface area contributed by atoms with Gasteiger partial charge in [0.25, 0.3) is 0 Å². The lowest BCUT2D eigenvalue weighted by molar-refractivity contribution is 0.0937. The Bertz CT molecular complexity index is 235. The average Bonchev–Trinajstić information content (AvgIpc) is 2.61. The fourth-order valence-electron chi connectivity index (χ4n) is 4.50. The molecule has 0 aromatic heterocycles. The summed E-state index contributed by atoms with van der Waals surface area (Å²) in [5.41, 5.74) is 0. The number of nitrogens with zero attached hydrogens (tertiary/aromatic N) is 1. The van der Waals surface area contributed by atoms with E-state index in [9.17, 15) is 0 Å². The Hall–Kier alpha value is -0.0800. The number of fused-ring (bicyclic) bond motifs is 2. The molecule has 2 bridgehead atoms. The van der Waals surface area contributed by atoms with Crippen molar-refractivity contribution in [3.05, 3.63) is 0 Å². The quantitative estimate of drug-likeness (QED) is 0.780. The van der Waals surface area contributed by atoms with Gasteiger partial charge in [-0.05, 0) is 51.1 Å². The zero-order chi connectivity index (χ0) is 13.1. The Balaban J connectivity index is 2.03. The molecule has 2 rings (SSSR count). The number of rotatable bonds is 6. The maximum atomic E-state index is 3.82. The summed E-state index contributed by atoms with van der Waals surface area (Å²) in [4.78, 5) is 2.66. The van der Waals surface area contributed by atoms with Crippen LogP contribution in [0.5, 0.6) is 0 Å². The number of hydrogen-bond donors (Lipinski definition) is 1. The van der Waals surface area contributed by atoms with Crippen molar-refractivity contribution in [1.29, 1.82) is 0 Å². The van der Waals surface area contributed by atoms with E-state index >= 15 is 0 Å². The Morgan fingerprint density at radius 2 is 1.61 bits per heavy atom. The van der Waals surface area contributed by atoms with E-state index < -0.39 is 0 Å².